The summed E-state index contributed by atoms with van der Waals surface area (Å²) in [5, 5.41) is 0. The highest BCUT2D eigenvalue weighted by atomic mass is 16.1. The zero-order valence-electron chi connectivity index (χ0n) is 8.42. The first-order valence-electron chi connectivity index (χ1n) is 4.48. The van der Waals surface area contributed by atoms with Gasteiger partial charge in [-0.25, -0.2) is 4.98 Å². The molecule has 0 unspecified atom stereocenters. The van der Waals surface area contributed by atoms with Gasteiger partial charge in [0.05, 0.1) is 0 Å². The van der Waals surface area contributed by atoms with Gasteiger partial charge in [-0.1, -0.05) is 20.8 Å². The first kappa shape index (κ1) is 9.90. The van der Waals surface area contributed by atoms with E-state index in [1.807, 2.05) is 45.3 Å². The predicted molar refractivity (Wildman–Crippen MR) is 51.2 cm³/mol. The summed E-state index contributed by atoms with van der Waals surface area (Å²) in [6.07, 6.45) is 4.20. The number of nitrogens with one attached hydrogen (secondary N) is 1. The molecule has 0 amide bonds. The van der Waals surface area contributed by atoms with Gasteiger partial charge in [-0.15, -0.1) is 0 Å². The van der Waals surface area contributed by atoms with Crippen LogP contribution in [0.1, 0.15) is 26.3 Å². The molecule has 0 aliphatic carbocycles. The van der Waals surface area contributed by atoms with E-state index in [4.69, 9.17) is 0 Å². The van der Waals surface area contributed by atoms with E-state index in [1.54, 1.807) is 0 Å². The van der Waals surface area contributed by atoms with Crippen molar-refractivity contribution in [3.05, 3.63) is 30.1 Å². The molecule has 1 aromatic rings. The molecule has 0 aliphatic rings. The average Bonchev–Trinajstić information content (AvgIpc) is 2.04. The van der Waals surface area contributed by atoms with E-state index in [-0.39, 0.29) is 11.2 Å². The molecule has 0 spiro atoms. The minimum Gasteiger partial charge on any atom is -0.299 e. The number of carbonyl (C=O) groups excluding carboxylic acids is 1. The molecule has 1 heterocycles. The smallest absolute Gasteiger partial charge is 0.167 e. The zero-order chi connectivity index (χ0) is 9.90. The first-order valence-corrected chi connectivity index (χ1v) is 4.48. The fourth-order valence-corrected chi connectivity index (χ4v) is 0.990. The molecule has 1 N–H and O–H groups in total. The second-order valence-corrected chi connectivity index (χ2v) is 4.26. The Morgan fingerprint density at radius 1 is 1.31 bits per heavy atom. The number of carbonyl (C=O) groups is 1. The van der Waals surface area contributed by atoms with Gasteiger partial charge in [0.15, 0.2) is 12.4 Å². The summed E-state index contributed by atoms with van der Waals surface area (Å²) in [5.74, 6) is 0.277. The Bertz CT molecular complexity index is 285. The molecule has 0 radical (unpaired) electrons. The second kappa shape index (κ2) is 3.69. The maximum absolute atomic E-state index is 11.6. The number of aromatic amines is 1. The lowest BCUT2D eigenvalue weighted by atomic mass is 9.87. The van der Waals surface area contributed by atoms with Crippen molar-refractivity contribution in [1.29, 1.82) is 0 Å². The number of pyridine rings is 1. The summed E-state index contributed by atoms with van der Waals surface area (Å²) in [6.45, 7) is 5.85. The largest absolute Gasteiger partial charge is 0.299 e. The topological polar surface area (TPSA) is 31.2 Å². The van der Waals surface area contributed by atoms with Crippen LogP contribution in [0.15, 0.2) is 24.5 Å². The quantitative estimate of drug-likeness (QED) is 0.677. The Kier molecular flexibility index (Phi) is 2.81. The van der Waals surface area contributed by atoms with Gasteiger partial charge in [0, 0.05) is 24.0 Å². The van der Waals surface area contributed by atoms with E-state index in [9.17, 15) is 4.79 Å². The van der Waals surface area contributed by atoms with Crippen LogP contribution >= 0.6 is 0 Å². The standard InChI is InChI=1S/C11H15NO/c1-11(2,3)10(13)8-9-4-6-12-7-5-9/h4-7H,8H2,1-3H3/p+1. The number of hydrogen-bond acceptors (Lipinski definition) is 1. The van der Waals surface area contributed by atoms with Crippen LogP contribution in [-0.2, 0) is 11.2 Å². The molecule has 2 heteroatoms. The van der Waals surface area contributed by atoms with Crippen LogP contribution in [0.5, 0.6) is 0 Å². The lowest BCUT2D eigenvalue weighted by Gasteiger charge is -2.15. The van der Waals surface area contributed by atoms with E-state index in [0.717, 1.165) is 5.56 Å². The first-order chi connectivity index (χ1) is 6.00. The monoisotopic (exact) mass is 178 g/mol. The van der Waals surface area contributed by atoms with Crippen LogP contribution in [0.2, 0.25) is 0 Å². The molecule has 0 aliphatic heterocycles. The zero-order valence-corrected chi connectivity index (χ0v) is 8.42. The number of aromatic nitrogens is 1. The summed E-state index contributed by atoms with van der Waals surface area (Å²) in [6, 6.07) is 3.87. The number of H-pyrrole nitrogens is 1. The lowest BCUT2D eigenvalue weighted by molar-refractivity contribution is -0.378. The van der Waals surface area contributed by atoms with Gasteiger partial charge in [-0.05, 0) is 5.56 Å². The van der Waals surface area contributed by atoms with Gasteiger partial charge < -0.3 is 0 Å². The maximum atomic E-state index is 11.6. The van der Waals surface area contributed by atoms with E-state index in [1.165, 1.54) is 0 Å². The van der Waals surface area contributed by atoms with E-state index >= 15 is 0 Å². The third-order valence-electron chi connectivity index (χ3n) is 1.99. The molecule has 1 rings (SSSR count). The van der Waals surface area contributed by atoms with Crippen molar-refractivity contribution >= 4 is 5.78 Å². The molecule has 0 saturated heterocycles. The minimum absolute atomic E-state index is 0.237. The lowest BCUT2D eigenvalue weighted by Crippen LogP contribution is -2.22. The predicted octanol–water partition coefficient (Wildman–Crippen LogP) is 1.66. The number of hydrogen-bond donors (Lipinski definition) is 0. The molecular weight excluding hydrogens is 162 g/mol. The van der Waals surface area contributed by atoms with Crippen molar-refractivity contribution < 1.29 is 9.78 Å². The van der Waals surface area contributed by atoms with Crippen LogP contribution in [0.3, 0.4) is 0 Å². The molecule has 13 heavy (non-hydrogen) atoms. The highest BCUT2D eigenvalue weighted by Gasteiger charge is 2.20. The highest BCUT2D eigenvalue weighted by Crippen LogP contribution is 2.17. The third-order valence-corrected chi connectivity index (χ3v) is 1.99. The molecule has 0 atom stereocenters. The van der Waals surface area contributed by atoms with Gasteiger partial charge in [0.2, 0.25) is 0 Å². The van der Waals surface area contributed by atoms with Gasteiger partial charge in [0.25, 0.3) is 0 Å². The van der Waals surface area contributed by atoms with Crippen LogP contribution < -0.4 is 4.98 Å². The van der Waals surface area contributed by atoms with Crippen LogP contribution in [0.25, 0.3) is 0 Å². The highest BCUT2D eigenvalue weighted by molar-refractivity contribution is 5.85. The number of ketones is 1. The SMILES string of the molecule is CC(C)(C)C(=O)Cc1cc[nH+]cc1. The summed E-state index contributed by atoms with van der Waals surface area (Å²) >= 11 is 0. The fourth-order valence-electron chi connectivity index (χ4n) is 0.990. The van der Waals surface area contributed by atoms with Crippen LogP contribution in [-0.4, -0.2) is 5.78 Å². The molecule has 1 aromatic heterocycles. The minimum atomic E-state index is -0.237. The molecule has 0 aromatic carbocycles. The normalized spacial score (nSPS) is 11.3. The van der Waals surface area contributed by atoms with Crippen LogP contribution in [0.4, 0.5) is 0 Å². The van der Waals surface area contributed by atoms with Crippen LogP contribution in [0, 0.1) is 5.41 Å². The molecule has 0 bridgehead atoms. The summed E-state index contributed by atoms with van der Waals surface area (Å²) in [7, 11) is 0. The Hall–Kier alpha value is -1.18. The molecule has 2 nitrogen and oxygen atoms in total. The van der Waals surface area contributed by atoms with E-state index < -0.39 is 0 Å². The van der Waals surface area contributed by atoms with Crippen molar-refractivity contribution in [2.45, 2.75) is 27.2 Å². The molecule has 0 saturated carbocycles. The Labute approximate surface area is 79.0 Å². The summed E-state index contributed by atoms with van der Waals surface area (Å²) in [4.78, 5) is 14.6. The van der Waals surface area contributed by atoms with Crippen molar-refractivity contribution in [3.8, 4) is 0 Å². The summed E-state index contributed by atoms with van der Waals surface area (Å²) < 4.78 is 0. The Morgan fingerprint density at radius 3 is 2.31 bits per heavy atom. The van der Waals surface area contributed by atoms with Gasteiger partial charge in [0.1, 0.15) is 5.78 Å². The average molecular weight is 178 g/mol. The van der Waals surface area contributed by atoms with Gasteiger partial charge in [-0.3, -0.25) is 4.79 Å². The number of rotatable bonds is 2. The van der Waals surface area contributed by atoms with Crippen molar-refractivity contribution in [2.75, 3.05) is 0 Å². The summed E-state index contributed by atoms with van der Waals surface area (Å²) in [5.41, 5.74) is 0.832. The number of Topliss-reactive ketones (excluding diaryl/α,β-unsaturated/α-hetero) is 1. The van der Waals surface area contributed by atoms with Gasteiger partial charge >= 0.3 is 0 Å². The Morgan fingerprint density at radius 2 is 1.85 bits per heavy atom. The van der Waals surface area contributed by atoms with Crippen molar-refractivity contribution in [2.24, 2.45) is 5.41 Å². The van der Waals surface area contributed by atoms with Crippen molar-refractivity contribution in [1.82, 2.24) is 0 Å². The molecule has 70 valence electrons. The molecule has 0 fully saturated rings. The van der Waals surface area contributed by atoms with Crippen molar-refractivity contribution in [3.63, 3.8) is 0 Å². The van der Waals surface area contributed by atoms with Gasteiger partial charge in [-0.2, -0.15) is 0 Å². The second-order valence-electron chi connectivity index (χ2n) is 4.26. The van der Waals surface area contributed by atoms with E-state index in [0.29, 0.717) is 6.42 Å². The Balaban J connectivity index is 2.66. The third kappa shape index (κ3) is 2.98. The molecular formula is C11H16NO+. The fraction of sp³-hybridized carbons (Fsp3) is 0.455. The van der Waals surface area contributed by atoms with E-state index in [2.05, 4.69) is 4.98 Å². The maximum Gasteiger partial charge on any atom is 0.167 e.